The number of amidine groups is 1. The highest BCUT2D eigenvalue weighted by Gasteiger charge is 2.25. The molecule has 0 atom stereocenters. The van der Waals surface area contributed by atoms with Crippen LogP contribution in [0.2, 0.25) is 0 Å². The van der Waals surface area contributed by atoms with Crippen LogP contribution in [0.1, 0.15) is 24.1 Å². The lowest BCUT2D eigenvalue weighted by Crippen LogP contribution is -2.22. The Hall–Kier alpha value is -1.83. The van der Waals surface area contributed by atoms with E-state index in [1.54, 1.807) is 12.1 Å². The molecule has 8 heteroatoms. The smallest absolute Gasteiger partial charge is 0.389 e. The van der Waals surface area contributed by atoms with Crippen LogP contribution in [0, 0.1) is 0 Å². The van der Waals surface area contributed by atoms with Crippen LogP contribution in [-0.4, -0.2) is 28.7 Å². The van der Waals surface area contributed by atoms with Gasteiger partial charge in [-0.3, -0.25) is 4.98 Å². The molecule has 1 aromatic heterocycles. The number of hydrogen-bond acceptors (Lipinski definition) is 4. The number of hydrogen-bond donors (Lipinski definition) is 3. The van der Waals surface area contributed by atoms with Crippen LogP contribution in [0.3, 0.4) is 0 Å². The van der Waals surface area contributed by atoms with Crippen LogP contribution in [-0.2, 0) is 6.54 Å². The van der Waals surface area contributed by atoms with Crippen molar-refractivity contribution in [3.63, 3.8) is 0 Å². The summed E-state index contributed by atoms with van der Waals surface area (Å²) in [5.41, 5.74) is 6.41. The van der Waals surface area contributed by atoms with Crippen LogP contribution in [0.25, 0.3) is 0 Å². The average Bonchev–Trinajstić information content (AvgIpc) is 2.36. The summed E-state index contributed by atoms with van der Waals surface area (Å²) in [6.45, 7) is 0.529. The summed E-state index contributed by atoms with van der Waals surface area (Å²) in [5, 5.41) is 14.3. The number of rotatable bonds is 6. The predicted molar refractivity (Wildman–Crippen MR) is 63.7 cm³/mol. The second kappa shape index (κ2) is 6.93. The first-order chi connectivity index (χ1) is 8.94. The van der Waals surface area contributed by atoms with Crippen LogP contribution in [0.5, 0.6) is 0 Å². The van der Waals surface area contributed by atoms with Gasteiger partial charge in [0.2, 0.25) is 0 Å². The van der Waals surface area contributed by atoms with Crippen molar-refractivity contribution < 1.29 is 18.4 Å². The zero-order valence-corrected chi connectivity index (χ0v) is 10.1. The Bertz CT molecular complexity index is 434. The normalized spacial score (nSPS) is 12.7. The Morgan fingerprint density at radius 2 is 2.21 bits per heavy atom. The Morgan fingerprint density at radius 3 is 2.84 bits per heavy atom. The highest BCUT2D eigenvalue weighted by atomic mass is 19.4. The molecular weight excluding hydrogens is 261 g/mol. The Morgan fingerprint density at radius 1 is 1.47 bits per heavy atom. The van der Waals surface area contributed by atoms with Crippen LogP contribution in [0.15, 0.2) is 23.5 Å². The van der Waals surface area contributed by atoms with Crippen molar-refractivity contribution in [1.29, 1.82) is 0 Å². The van der Waals surface area contributed by atoms with Crippen molar-refractivity contribution in [1.82, 2.24) is 10.3 Å². The van der Waals surface area contributed by atoms with Crippen molar-refractivity contribution in [2.45, 2.75) is 25.6 Å². The molecule has 0 unspecified atom stereocenters. The first-order valence-electron chi connectivity index (χ1n) is 5.63. The molecule has 0 bridgehead atoms. The van der Waals surface area contributed by atoms with Gasteiger partial charge in [-0.1, -0.05) is 11.2 Å². The SMILES string of the molecule is N/C(=N/O)c1ncccc1CNCCCC(F)(F)F. The molecule has 19 heavy (non-hydrogen) atoms. The number of oxime groups is 1. The number of pyridine rings is 1. The lowest BCUT2D eigenvalue weighted by molar-refractivity contribution is -0.135. The Balaban J connectivity index is 2.46. The zero-order valence-electron chi connectivity index (χ0n) is 10.1. The molecule has 0 aromatic carbocycles. The summed E-state index contributed by atoms with van der Waals surface area (Å²) in [7, 11) is 0. The van der Waals surface area contributed by atoms with E-state index < -0.39 is 12.6 Å². The standard InChI is InChI=1S/C11H15F3N4O/c12-11(13,14)4-2-5-16-7-8-3-1-6-17-9(8)10(15)18-19/h1,3,6,16,19H,2,4-5,7H2,(H2,15,18). The molecule has 1 rings (SSSR count). The molecule has 0 spiro atoms. The van der Waals surface area contributed by atoms with Crippen LogP contribution in [0.4, 0.5) is 13.2 Å². The molecule has 1 heterocycles. The van der Waals surface area contributed by atoms with E-state index in [4.69, 9.17) is 10.9 Å². The van der Waals surface area contributed by atoms with E-state index in [2.05, 4.69) is 15.5 Å². The monoisotopic (exact) mass is 276 g/mol. The summed E-state index contributed by atoms with van der Waals surface area (Å²) >= 11 is 0. The summed E-state index contributed by atoms with van der Waals surface area (Å²) in [6, 6.07) is 3.37. The van der Waals surface area contributed by atoms with Gasteiger partial charge in [-0.15, -0.1) is 0 Å². The summed E-state index contributed by atoms with van der Waals surface area (Å²) in [5.74, 6) is -0.132. The van der Waals surface area contributed by atoms with E-state index in [9.17, 15) is 13.2 Å². The molecule has 0 aliphatic rings. The fraction of sp³-hybridized carbons (Fsp3) is 0.455. The van der Waals surface area contributed by atoms with E-state index in [1.165, 1.54) is 6.20 Å². The number of nitrogens with two attached hydrogens (primary N) is 1. The van der Waals surface area contributed by atoms with E-state index in [1.807, 2.05) is 0 Å². The van der Waals surface area contributed by atoms with Gasteiger partial charge in [0.1, 0.15) is 5.69 Å². The largest absolute Gasteiger partial charge is 0.409 e. The molecule has 1 aromatic rings. The second-order valence-electron chi connectivity index (χ2n) is 3.89. The lowest BCUT2D eigenvalue weighted by Gasteiger charge is -2.09. The molecule has 0 amide bonds. The summed E-state index contributed by atoms with van der Waals surface area (Å²) in [4.78, 5) is 3.95. The molecule has 5 nitrogen and oxygen atoms in total. The predicted octanol–water partition coefficient (Wildman–Crippen LogP) is 1.61. The van der Waals surface area contributed by atoms with Crippen molar-refractivity contribution in [3.05, 3.63) is 29.6 Å². The van der Waals surface area contributed by atoms with Gasteiger partial charge in [0.05, 0.1) is 0 Å². The molecule has 0 fully saturated rings. The van der Waals surface area contributed by atoms with Crippen molar-refractivity contribution in [2.75, 3.05) is 6.54 Å². The molecule has 0 radical (unpaired) electrons. The van der Waals surface area contributed by atoms with E-state index >= 15 is 0 Å². The van der Waals surface area contributed by atoms with Gasteiger partial charge >= 0.3 is 6.18 Å². The quantitative estimate of drug-likeness (QED) is 0.242. The second-order valence-corrected chi connectivity index (χ2v) is 3.89. The van der Waals surface area contributed by atoms with E-state index in [0.717, 1.165) is 0 Å². The summed E-state index contributed by atoms with van der Waals surface area (Å²) in [6.07, 6.45) is -3.46. The highest BCUT2D eigenvalue weighted by Crippen LogP contribution is 2.20. The maximum atomic E-state index is 11.9. The van der Waals surface area contributed by atoms with E-state index in [-0.39, 0.29) is 18.8 Å². The average molecular weight is 276 g/mol. The van der Waals surface area contributed by atoms with Crippen LogP contribution < -0.4 is 11.1 Å². The van der Waals surface area contributed by atoms with Crippen molar-refractivity contribution in [3.8, 4) is 0 Å². The van der Waals surface area contributed by atoms with E-state index in [0.29, 0.717) is 17.8 Å². The molecule has 0 aliphatic heterocycles. The molecule has 4 N–H and O–H groups in total. The fourth-order valence-corrected chi connectivity index (χ4v) is 1.50. The van der Waals surface area contributed by atoms with Gasteiger partial charge in [-0.25, -0.2) is 0 Å². The third-order valence-corrected chi connectivity index (χ3v) is 2.37. The van der Waals surface area contributed by atoms with Gasteiger partial charge in [0.25, 0.3) is 0 Å². The number of alkyl halides is 3. The maximum absolute atomic E-state index is 11.9. The van der Waals surface area contributed by atoms with Gasteiger partial charge in [0, 0.05) is 19.2 Å². The number of aromatic nitrogens is 1. The topological polar surface area (TPSA) is 83.5 Å². The van der Waals surface area contributed by atoms with Crippen LogP contribution >= 0.6 is 0 Å². The summed E-state index contributed by atoms with van der Waals surface area (Å²) < 4.78 is 35.8. The first-order valence-corrected chi connectivity index (χ1v) is 5.63. The number of nitrogens with one attached hydrogen (secondary N) is 1. The Kier molecular flexibility index (Phi) is 5.56. The molecule has 0 saturated carbocycles. The minimum absolute atomic E-state index is 0.00265. The van der Waals surface area contributed by atoms with Gasteiger partial charge in [-0.05, 0) is 24.6 Å². The van der Waals surface area contributed by atoms with Crippen molar-refractivity contribution in [2.24, 2.45) is 10.9 Å². The minimum Gasteiger partial charge on any atom is -0.409 e. The van der Waals surface area contributed by atoms with Gasteiger partial charge in [0.15, 0.2) is 5.84 Å². The highest BCUT2D eigenvalue weighted by molar-refractivity contribution is 5.96. The molecule has 0 aliphatic carbocycles. The molecular formula is C11H15F3N4O. The maximum Gasteiger partial charge on any atom is 0.389 e. The lowest BCUT2D eigenvalue weighted by atomic mass is 10.1. The minimum atomic E-state index is -4.13. The fourth-order valence-electron chi connectivity index (χ4n) is 1.50. The van der Waals surface area contributed by atoms with Crippen molar-refractivity contribution >= 4 is 5.84 Å². The number of nitrogens with zero attached hydrogens (tertiary/aromatic N) is 2. The zero-order chi connectivity index (χ0) is 14.3. The van der Waals surface area contributed by atoms with Gasteiger partial charge < -0.3 is 16.3 Å². The van der Waals surface area contributed by atoms with Gasteiger partial charge in [-0.2, -0.15) is 13.2 Å². The number of halogens is 3. The third-order valence-electron chi connectivity index (χ3n) is 2.37. The third kappa shape index (κ3) is 5.56. The Labute approximate surface area is 108 Å². The molecule has 0 saturated heterocycles. The molecule has 106 valence electrons. The first kappa shape index (κ1) is 15.2.